The molecule has 1 aliphatic heterocycles. The Morgan fingerprint density at radius 1 is 1.16 bits per heavy atom. The first-order chi connectivity index (χ1) is 14.9. The number of hydrogen-bond donors (Lipinski definition) is 1. The minimum atomic E-state index is -0.302. The van der Waals surface area contributed by atoms with E-state index in [9.17, 15) is 9.59 Å². The van der Waals surface area contributed by atoms with E-state index in [-0.39, 0.29) is 23.4 Å². The maximum absolute atomic E-state index is 13.1. The number of halogens is 1. The summed E-state index contributed by atoms with van der Waals surface area (Å²) in [6.45, 7) is 4.60. The summed E-state index contributed by atoms with van der Waals surface area (Å²) < 4.78 is 0. The van der Waals surface area contributed by atoms with Crippen molar-refractivity contribution in [2.45, 2.75) is 26.7 Å². The Bertz CT molecular complexity index is 1110. The van der Waals surface area contributed by atoms with E-state index in [0.717, 1.165) is 18.4 Å². The molecule has 0 radical (unpaired) electrons. The third kappa shape index (κ3) is 4.74. The highest BCUT2D eigenvalue weighted by molar-refractivity contribution is 6.30. The van der Waals surface area contributed by atoms with Gasteiger partial charge in [-0.15, -0.1) is 5.10 Å². The third-order valence-corrected chi connectivity index (χ3v) is 5.50. The van der Waals surface area contributed by atoms with E-state index in [0.29, 0.717) is 35.3 Å². The van der Waals surface area contributed by atoms with Gasteiger partial charge in [0.15, 0.2) is 5.69 Å². The van der Waals surface area contributed by atoms with Crippen molar-refractivity contribution in [3.05, 3.63) is 64.6 Å². The van der Waals surface area contributed by atoms with Crippen LogP contribution in [-0.4, -0.2) is 49.8 Å². The first kappa shape index (κ1) is 21.0. The summed E-state index contributed by atoms with van der Waals surface area (Å²) in [4.78, 5) is 33.2. The summed E-state index contributed by atoms with van der Waals surface area (Å²) in [6.07, 6.45) is 3.17. The quantitative estimate of drug-likeness (QED) is 0.673. The molecule has 1 unspecified atom stereocenters. The molecule has 3 heterocycles. The summed E-state index contributed by atoms with van der Waals surface area (Å²) in [5, 5.41) is 12.2. The molecular weight excluding hydrogens is 416 g/mol. The maximum atomic E-state index is 13.1. The number of likely N-dealkylation sites (tertiary alicyclic amines) is 1. The zero-order valence-electron chi connectivity index (χ0n) is 17.4. The monoisotopic (exact) mass is 438 g/mol. The van der Waals surface area contributed by atoms with E-state index in [1.807, 2.05) is 19.1 Å². The van der Waals surface area contributed by atoms with Crippen LogP contribution in [0.1, 0.15) is 34.6 Å². The Morgan fingerprint density at radius 3 is 2.74 bits per heavy atom. The second kappa shape index (κ2) is 8.85. The highest BCUT2D eigenvalue weighted by Crippen LogP contribution is 2.21. The van der Waals surface area contributed by atoms with Crippen LogP contribution in [0.15, 0.2) is 42.6 Å². The molecule has 0 spiro atoms. The van der Waals surface area contributed by atoms with Crippen LogP contribution in [-0.2, 0) is 4.79 Å². The van der Waals surface area contributed by atoms with E-state index < -0.39 is 0 Å². The topological polar surface area (TPSA) is 93.0 Å². The molecule has 1 fully saturated rings. The first-order valence-electron chi connectivity index (χ1n) is 10.1. The normalized spacial score (nSPS) is 16.2. The Labute approximate surface area is 185 Å². The molecule has 1 saturated heterocycles. The Hall–Kier alpha value is -3.26. The molecule has 0 bridgehead atoms. The molecule has 3 aromatic rings. The molecule has 0 saturated carbocycles. The Balaban J connectivity index is 1.46. The molecule has 2 amide bonds. The number of benzene rings is 1. The van der Waals surface area contributed by atoms with E-state index in [4.69, 9.17) is 11.6 Å². The lowest BCUT2D eigenvalue weighted by molar-refractivity contribution is -0.121. The van der Waals surface area contributed by atoms with Gasteiger partial charge in [0.1, 0.15) is 5.82 Å². The highest BCUT2D eigenvalue weighted by Gasteiger charge is 2.31. The van der Waals surface area contributed by atoms with Gasteiger partial charge in [0, 0.05) is 24.3 Å². The number of carbonyl (C=O) groups excluding carboxylic acids is 2. The molecule has 160 valence electrons. The van der Waals surface area contributed by atoms with Crippen molar-refractivity contribution in [3.63, 3.8) is 0 Å². The molecule has 2 aromatic heterocycles. The van der Waals surface area contributed by atoms with Crippen LogP contribution in [0.5, 0.6) is 0 Å². The number of piperidine rings is 1. The number of hydrogen-bond acceptors (Lipinski definition) is 5. The van der Waals surface area contributed by atoms with Crippen LogP contribution in [0.2, 0.25) is 5.02 Å². The number of aromatic nitrogens is 4. The predicted octanol–water partition coefficient (Wildman–Crippen LogP) is 3.42. The molecule has 31 heavy (non-hydrogen) atoms. The number of anilines is 1. The van der Waals surface area contributed by atoms with Crippen molar-refractivity contribution in [3.8, 4) is 5.69 Å². The van der Waals surface area contributed by atoms with Crippen LogP contribution in [0, 0.1) is 19.8 Å². The number of nitrogens with zero attached hydrogens (tertiary/aromatic N) is 5. The second-order valence-corrected chi connectivity index (χ2v) is 8.14. The van der Waals surface area contributed by atoms with Crippen molar-refractivity contribution in [1.29, 1.82) is 0 Å². The predicted molar refractivity (Wildman–Crippen MR) is 117 cm³/mol. The molecule has 0 aliphatic carbocycles. The van der Waals surface area contributed by atoms with Gasteiger partial charge in [0.25, 0.3) is 5.91 Å². The summed E-state index contributed by atoms with van der Waals surface area (Å²) >= 11 is 6.05. The number of amides is 2. The van der Waals surface area contributed by atoms with Gasteiger partial charge in [-0.3, -0.25) is 9.59 Å². The van der Waals surface area contributed by atoms with Crippen LogP contribution >= 0.6 is 11.6 Å². The fourth-order valence-electron chi connectivity index (χ4n) is 3.59. The summed E-state index contributed by atoms with van der Waals surface area (Å²) in [5.41, 5.74) is 2.51. The number of rotatable bonds is 4. The van der Waals surface area contributed by atoms with Crippen LogP contribution in [0.4, 0.5) is 5.82 Å². The van der Waals surface area contributed by atoms with E-state index in [1.165, 1.54) is 4.80 Å². The van der Waals surface area contributed by atoms with Gasteiger partial charge in [0.2, 0.25) is 5.91 Å². The van der Waals surface area contributed by atoms with Crippen molar-refractivity contribution in [2.24, 2.45) is 5.92 Å². The fourth-order valence-corrected chi connectivity index (χ4v) is 3.77. The van der Waals surface area contributed by atoms with Gasteiger partial charge in [-0.05, 0) is 56.5 Å². The number of aryl methyl sites for hydroxylation is 2. The largest absolute Gasteiger partial charge is 0.336 e. The zero-order chi connectivity index (χ0) is 22.0. The van der Waals surface area contributed by atoms with Crippen LogP contribution in [0.25, 0.3) is 5.69 Å². The lowest BCUT2D eigenvalue weighted by Gasteiger charge is -2.31. The van der Waals surface area contributed by atoms with Crippen LogP contribution in [0.3, 0.4) is 0 Å². The maximum Gasteiger partial charge on any atom is 0.276 e. The van der Waals surface area contributed by atoms with Gasteiger partial charge in [-0.25, -0.2) is 4.98 Å². The Kier molecular flexibility index (Phi) is 5.99. The summed E-state index contributed by atoms with van der Waals surface area (Å²) in [7, 11) is 0. The molecule has 4 rings (SSSR count). The molecule has 1 aliphatic rings. The summed E-state index contributed by atoms with van der Waals surface area (Å²) in [5.74, 6) is -0.145. The highest BCUT2D eigenvalue weighted by atomic mass is 35.5. The molecule has 9 heteroatoms. The van der Waals surface area contributed by atoms with E-state index >= 15 is 0 Å². The third-order valence-electron chi connectivity index (χ3n) is 5.27. The van der Waals surface area contributed by atoms with Crippen molar-refractivity contribution in [1.82, 2.24) is 24.9 Å². The second-order valence-electron chi connectivity index (χ2n) is 7.70. The van der Waals surface area contributed by atoms with E-state index in [2.05, 4.69) is 20.5 Å². The smallest absolute Gasteiger partial charge is 0.276 e. The number of nitrogens with one attached hydrogen (secondary N) is 1. The standard InChI is InChI=1S/C22H23ClN6O2/c1-14-8-9-19(24-12-14)25-21(30)16-5-4-10-28(13-16)22(31)20-15(2)26-29(27-20)18-7-3-6-17(23)11-18/h3,6-9,11-12,16H,4-5,10,13H2,1-2H3,(H,24,25,30). The number of pyridine rings is 1. The van der Waals surface area contributed by atoms with Gasteiger partial charge < -0.3 is 10.2 Å². The van der Waals surface area contributed by atoms with Gasteiger partial charge >= 0.3 is 0 Å². The van der Waals surface area contributed by atoms with Gasteiger partial charge in [0.05, 0.1) is 17.3 Å². The molecular formula is C22H23ClN6O2. The SMILES string of the molecule is Cc1ccc(NC(=O)C2CCCN(C(=O)c3nn(-c4cccc(Cl)c4)nc3C)C2)nc1. The molecule has 1 N–H and O–H groups in total. The first-order valence-corrected chi connectivity index (χ1v) is 10.5. The lowest BCUT2D eigenvalue weighted by atomic mass is 9.96. The molecule has 1 atom stereocenters. The average molecular weight is 439 g/mol. The fraction of sp³-hybridized carbons (Fsp3) is 0.318. The number of carbonyl (C=O) groups is 2. The Morgan fingerprint density at radius 2 is 2.00 bits per heavy atom. The van der Waals surface area contributed by atoms with Crippen molar-refractivity contribution < 1.29 is 9.59 Å². The lowest BCUT2D eigenvalue weighted by Crippen LogP contribution is -2.44. The average Bonchev–Trinajstić information content (AvgIpc) is 3.16. The molecule has 1 aromatic carbocycles. The van der Waals surface area contributed by atoms with Crippen LogP contribution < -0.4 is 5.32 Å². The van der Waals surface area contributed by atoms with Crippen molar-refractivity contribution in [2.75, 3.05) is 18.4 Å². The van der Waals surface area contributed by atoms with Gasteiger partial charge in [-0.2, -0.15) is 9.90 Å². The van der Waals surface area contributed by atoms with E-state index in [1.54, 1.807) is 42.3 Å². The molecule has 8 nitrogen and oxygen atoms in total. The zero-order valence-corrected chi connectivity index (χ0v) is 18.1. The minimum Gasteiger partial charge on any atom is -0.336 e. The van der Waals surface area contributed by atoms with Crippen molar-refractivity contribution >= 4 is 29.2 Å². The minimum absolute atomic E-state index is 0.131. The van der Waals surface area contributed by atoms with Gasteiger partial charge in [-0.1, -0.05) is 23.7 Å². The summed E-state index contributed by atoms with van der Waals surface area (Å²) in [6, 6.07) is 10.8.